The molecule has 0 radical (unpaired) electrons. The van der Waals surface area contributed by atoms with Crippen LogP contribution in [-0.2, 0) is 14.8 Å². The van der Waals surface area contributed by atoms with Crippen molar-refractivity contribution in [1.29, 1.82) is 0 Å². The molecule has 1 saturated heterocycles. The van der Waals surface area contributed by atoms with Gasteiger partial charge in [-0.2, -0.15) is 9.41 Å². The number of furan rings is 1. The highest BCUT2D eigenvalue weighted by Gasteiger charge is 2.36. The van der Waals surface area contributed by atoms with E-state index in [2.05, 4.69) is 5.10 Å². The Morgan fingerprint density at radius 3 is 2.50 bits per heavy atom. The van der Waals surface area contributed by atoms with Gasteiger partial charge in [-0.05, 0) is 35.0 Å². The number of thiophene rings is 2. The molecule has 1 fully saturated rings. The number of piperazine rings is 1. The second-order valence-electron chi connectivity index (χ2n) is 7.61. The molecule has 0 spiro atoms. The maximum atomic E-state index is 13.2. The maximum Gasteiger partial charge on any atom is 0.257 e. The third-order valence-corrected chi connectivity index (χ3v) is 9.81. The zero-order chi connectivity index (χ0) is 22.1. The number of carbonyl (C=O) groups is 1. The van der Waals surface area contributed by atoms with Gasteiger partial charge in [0, 0.05) is 32.6 Å². The topological polar surface area (TPSA) is 86.4 Å². The van der Waals surface area contributed by atoms with Crippen LogP contribution >= 0.6 is 22.7 Å². The van der Waals surface area contributed by atoms with Crippen molar-refractivity contribution in [3.05, 3.63) is 64.1 Å². The lowest BCUT2D eigenvalue weighted by Crippen LogP contribution is -2.51. The standard InChI is InChI=1S/C21H22N4O4S3/c26-20(15-23-7-9-24(10-8-23)32(27,28)21-6-3-13-31-21)25-17(18-4-1-11-29-18)14-16(22-25)19-5-2-12-30-19/h1-6,11-13,17H,7-10,14-15H2/t17-/m1/s1. The lowest BCUT2D eigenvalue weighted by atomic mass is 10.1. The molecule has 8 nitrogen and oxygen atoms in total. The summed E-state index contributed by atoms with van der Waals surface area (Å²) >= 11 is 2.82. The van der Waals surface area contributed by atoms with E-state index in [4.69, 9.17) is 4.42 Å². The highest BCUT2D eigenvalue weighted by molar-refractivity contribution is 7.91. The molecule has 0 unspecified atom stereocenters. The molecule has 2 aliphatic heterocycles. The molecule has 1 amide bonds. The minimum atomic E-state index is -3.46. The molecule has 11 heteroatoms. The highest BCUT2D eigenvalue weighted by Crippen LogP contribution is 2.34. The average Bonchev–Trinajstić information content (AvgIpc) is 3.59. The predicted octanol–water partition coefficient (Wildman–Crippen LogP) is 3.09. The molecule has 0 aliphatic carbocycles. The third kappa shape index (κ3) is 4.18. The van der Waals surface area contributed by atoms with Crippen LogP contribution in [-0.4, -0.2) is 67.0 Å². The predicted molar refractivity (Wildman–Crippen MR) is 123 cm³/mol. The van der Waals surface area contributed by atoms with E-state index in [1.165, 1.54) is 20.7 Å². The monoisotopic (exact) mass is 490 g/mol. The number of hydrazone groups is 1. The molecular weight excluding hydrogens is 468 g/mol. The Morgan fingerprint density at radius 1 is 1.06 bits per heavy atom. The molecule has 0 saturated carbocycles. The van der Waals surface area contributed by atoms with Crippen LogP contribution in [0.4, 0.5) is 0 Å². The van der Waals surface area contributed by atoms with Crippen LogP contribution in [0.5, 0.6) is 0 Å². The minimum Gasteiger partial charge on any atom is -0.467 e. The molecule has 0 N–H and O–H groups in total. The molecule has 3 aromatic rings. The first-order chi connectivity index (χ1) is 15.5. The summed E-state index contributed by atoms with van der Waals surface area (Å²) in [5.41, 5.74) is 0.876. The van der Waals surface area contributed by atoms with Crippen LogP contribution in [0.3, 0.4) is 0 Å². The van der Waals surface area contributed by atoms with E-state index in [1.807, 2.05) is 34.5 Å². The second kappa shape index (κ2) is 8.91. The Labute approximate surface area is 194 Å². The van der Waals surface area contributed by atoms with Gasteiger partial charge < -0.3 is 4.42 Å². The number of amides is 1. The van der Waals surface area contributed by atoms with E-state index in [0.717, 1.165) is 10.6 Å². The Morgan fingerprint density at radius 2 is 1.84 bits per heavy atom. The SMILES string of the molecule is O=C(CN1CCN(S(=O)(=O)c2cccs2)CC1)N1N=C(c2cccs2)C[C@@H]1c1ccco1. The highest BCUT2D eigenvalue weighted by atomic mass is 32.2. The fraction of sp³-hybridized carbons (Fsp3) is 0.333. The molecule has 32 heavy (non-hydrogen) atoms. The summed E-state index contributed by atoms with van der Waals surface area (Å²) in [6.07, 6.45) is 2.21. The summed E-state index contributed by atoms with van der Waals surface area (Å²) in [5.74, 6) is 0.591. The van der Waals surface area contributed by atoms with Crippen LogP contribution in [0.25, 0.3) is 0 Å². The minimum absolute atomic E-state index is 0.118. The molecule has 0 aromatic carbocycles. The first-order valence-corrected chi connectivity index (χ1v) is 13.4. The van der Waals surface area contributed by atoms with Crippen molar-refractivity contribution in [3.8, 4) is 0 Å². The van der Waals surface area contributed by atoms with Crippen molar-refractivity contribution >= 4 is 44.3 Å². The van der Waals surface area contributed by atoms with Gasteiger partial charge in [0.25, 0.3) is 15.9 Å². The Bertz CT molecular complexity index is 1180. The van der Waals surface area contributed by atoms with Gasteiger partial charge in [-0.3, -0.25) is 9.69 Å². The lowest BCUT2D eigenvalue weighted by Gasteiger charge is -2.34. The third-order valence-electron chi connectivity index (χ3n) is 5.62. The van der Waals surface area contributed by atoms with Crippen LogP contribution in [0.15, 0.2) is 67.1 Å². The molecule has 2 aliphatic rings. The van der Waals surface area contributed by atoms with Gasteiger partial charge in [0.1, 0.15) is 16.0 Å². The van der Waals surface area contributed by atoms with Gasteiger partial charge >= 0.3 is 0 Å². The summed E-state index contributed by atoms with van der Waals surface area (Å²) in [4.78, 5) is 16.2. The van der Waals surface area contributed by atoms with Crippen LogP contribution < -0.4 is 0 Å². The van der Waals surface area contributed by atoms with Crippen molar-refractivity contribution in [2.75, 3.05) is 32.7 Å². The lowest BCUT2D eigenvalue weighted by molar-refractivity contribution is -0.134. The van der Waals surface area contributed by atoms with E-state index in [1.54, 1.807) is 35.1 Å². The zero-order valence-electron chi connectivity index (χ0n) is 17.2. The normalized spacial score (nSPS) is 20.6. The van der Waals surface area contributed by atoms with E-state index in [-0.39, 0.29) is 18.5 Å². The van der Waals surface area contributed by atoms with Crippen LogP contribution in [0, 0.1) is 0 Å². The summed E-state index contributed by atoms with van der Waals surface area (Å²) in [6, 6.07) is 10.8. The molecule has 0 bridgehead atoms. The maximum absolute atomic E-state index is 13.2. The summed E-state index contributed by atoms with van der Waals surface area (Å²) in [5, 5.41) is 9.93. The summed E-state index contributed by atoms with van der Waals surface area (Å²) < 4.78 is 32.9. The average molecular weight is 491 g/mol. The summed E-state index contributed by atoms with van der Waals surface area (Å²) in [6.45, 7) is 1.90. The number of hydrogen-bond acceptors (Lipinski definition) is 8. The van der Waals surface area contributed by atoms with Gasteiger partial charge in [-0.25, -0.2) is 13.4 Å². The van der Waals surface area contributed by atoms with Gasteiger partial charge in [-0.15, -0.1) is 22.7 Å². The number of sulfonamides is 1. The molecular formula is C21H22N4O4S3. The molecule has 5 heterocycles. The largest absolute Gasteiger partial charge is 0.467 e. The van der Waals surface area contributed by atoms with Gasteiger partial charge in [0.05, 0.1) is 23.4 Å². The van der Waals surface area contributed by atoms with Crippen LogP contribution in [0.2, 0.25) is 0 Å². The molecule has 5 rings (SSSR count). The van der Waals surface area contributed by atoms with Gasteiger partial charge in [-0.1, -0.05) is 12.1 Å². The zero-order valence-corrected chi connectivity index (χ0v) is 19.6. The van der Waals surface area contributed by atoms with E-state index in [0.29, 0.717) is 42.6 Å². The van der Waals surface area contributed by atoms with Crippen LogP contribution in [0.1, 0.15) is 23.1 Å². The number of nitrogens with zero attached hydrogens (tertiary/aromatic N) is 4. The first-order valence-electron chi connectivity index (χ1n) is 10.3. The van der Waals surface area contributed by atoms with Gasteiger partial charge in [0.2, 0.25) is 0 Å². The molecule has 1 atom stereocenters. The molecule has 168 valence electrons. The van der Waals surface area contributed by atoms with E-state index >= 15 is 0 Å². The fourth-order valence-electron chi connectivity index (χ4n) is 3.96. The molecule has 3 aromatic heterocycles. The Hall–Kier alpha value is -2.31. The quantitative estimate of drug-likeness (QED) is 0.530. The first kappa shape index (κ1) is 21.5. The number of carbonyl (C=O) groups excluding carboxylic acids is 1. The van der Waals surface area contributed by atoms with Crippen molar-refractivity contribution in [1.82, 2.24) is 14.2 Å². The smallest absolute Gasteiger partial charge is 0.257 e. The van der Waals surface area contributed by atoms with Crippen molar-refractivity contribution in [2.24, 2.45) is 5.10 Å². The van der Waals surface area contributed by atoms with E-state index in [9.17, 15) is 13.2 Å². The Balaban J connectivity index is 1.26. The number of rotatable bonds is 6. The summed E-state index contributed by atoms with van der Waals surface area (Å²) in [7, 11) is -3.46. The van der Waals surface area contributed by atoms with Crippen molar-refractivity contribution in [3.63, 3.8) is 0 Å². The van der Waals surface area contributed by atoms with Crippen molar-refractivity contribution in [2.45, 2.75) is 16.7 Å². The van der Waals surface area contributed by atoms with E-state index < -0.39 is 10.0 Å². The van der Waals surface area contributed by atoms with Gasteiger partial charge in [0.15, 0.2) is 0 Å². The Kier molecular flexibility index (Phi) is 5.99. The fourth-order valence-corrected chi connectivity index (χ4v) is 7.25. The number of hydrogen-bond donors (Lipinski definition) is 0. The van der Waals surface area contributed by atoms with Crippen molar-refractivity contribution < 1.29 is 17.6 Å². The second-order valence-corrected chi connectivity index (χ2v) is 11.7.